The molecule has 1 aromatic heterocycles. The highest BCUT2D eigenvalue weighted by molar-refractivity contribution is 6.02. The summed E-state index contributed by atoms with van der Waals surface area (Å²) in [5, 5.41) is 9.69. The van der Waals surface area contributed by atoms with Gasteiger partial charge in [-0.3, -0.25) is 9.69 Å². The third-order valence-corrected chi connectivity index (χ3v) is 10.1. The minimum Gasteiger partial charge on any atom is -0.494 e. The zero-order valence-corrected chi connectivity index (χ0v) is 27.4. The second-order valence-corrected chi connectivity index (χ2v) is 14.0. The number of methoxy groups -OCH3 is 1. The summed E-state index contributed by atoms with van der Waals surface area (Å²) < 4.78 is 5.77. The summed E-state index contributed by atoms with van der Waals surface area (Å²) >= 11 is 0. The molecular formula is C34H48N8O3. The summed E-state index contributed by atoms with van der Waals surface area (Å²) in [7, 11) is 5.70. The van der Waals surface area contributed by atoms with E-state index in [-0.39, 0.29) is 23.5 Å². The van der Waals surface area contributed by atoms with E-state index in [2.05, 4.69) is 46.2 Å². The maximum absolute atomic E-state index is 14.3. The van der Waals surface area contributed by atoms with Crippen LogP contribution in [0.25, 0.3) is 0 Å². The number of fused-ring (bicyclic) bond motifs is 1. The van der Waals surface area contributed by atoms with Gasteiger partial charge in [0.25, 0.3) is 0 Å². The van der Waals surface area contributed by atoms with E-state index in [0.717, 1.165) is 55.8 Å². The van der Waals surface area contributed by atoms with E-state index < -0.39 is 0 Å². The Morgan fingerprint density at radius 1 is 1.13 bits per heavy atom. The van der Waals surface area contributed by atoms with Crippen LogP contribution in [0, 0.1) is 17.8 Å². The third kappa shape index (κ3) is 6.19. The SMILES string of the molecule is C=CC(=O)Nc1cc(Nc2ncc3c(n2)N(C24CC5CC(CC(C5)C2)C4)C(=O)N(C(C)C)C3)c(OC)cc1NCCCN(C)C. The van der Waals surface area contributed by atoms with E-state index in [4.69, 9.17) is 14.7 Å². The molecule has 5 aliphatic rings. The third-order valence-electron chi connectivity index (χ3n) is 10.1. The Bertz CT molecular complexity index is 1420. The molecule has 0 radical (unpaired) electrons. The molecule has 2 heterocycles. The van der Waals surface area contributed by atoms with Crippen LogP contribution in [0.15, 0.2) is 31.0 Å². The molecule has 45 heavy (non-hydrogen) atoms. The van der Waals surface area contributed by atoms with Crippen LogP contribution in [0.2, 0.25) is 0 Å². The maximum atomic E-state index is 14.3. The van der Waals surface area contributed by atoms with E-state index in [0.29, 0.717) is 47.4 Å². The Morgan fingerprint density at radius 3 is 2.42 bits per heavy atom. The first-order chi connectivity index (χ1) is 21.6. The van der Waals surface area contributed by atoms with Gasteiger partial charge in [0.2, 0.25) is 11.9 Å². The minimum absolute atomic E-state index is 0.0563. The van der Waals surface area contributed by atoms with Crippen molar-refractivity contribution in [2.24, 2.45) is 17.8 Å². The Labute approximate surface area is 266 Å². The predicted octanol–water partition coefficient (Wildman–Crippen LogP) is 5.84. The topological polar surface area (TPSA) is 115 Å². The number of nitrogens with one attached hydrogen (secondary N) is 3. The van der Waals surface area contributed by atoms with Gasteiger partial charge in [0.1, 0.15) is 11.6 Å². The zero-order chi connectivity index (χ0) is 31.9. The van der Waals surface area contributed by atoms with Crippen LogP contribution >= 0.6 is 0 Å². The number of benzene rings is 1. The molecule has 2 aromatic rings. The number of urea groups is 1. The highest BCUT2D eigenvalue weighted by Gasteiger charge is 2.57. The molecule has 4 bridgehead atoms. The number of hydrogen-bond acceptors (Lipinski definition) is 8. The van der Waals surface area contributed by atoms with E-state index in [9.17, 15) is 9.59 Å². The van der Waals surface area contributed by atoms with Crippen molar-refractivity contribution in [2.75, 3.05) is 55.1 Å². The van der Waals surface area contributed by atoms with E-state index in [1.54, 1.807) is 7.11 Å². The van der Waals surface area contributed by atoms with Crippen LogP contribution in [-0.2, 0) is 11.3 Å². The first-order valence-electron chi connectivity index (χ1n) is 16.4. The summed E-state index contributed by atoms with van der Waals surface area (Å²) in [5.41, 5.74) is 2.70. The molecule has 0 spiro atoms. The van der Waals surface area contributed by atoms with Crippen molar-refractivity contribution in [2.45, 2.75) is 76.9 Å². The zero-order valence-electron chi connectivity index (χ0n) is 27.4. The Hall–Kier alpha value is -3.86. The summed E-state index contributed by atoms with van der Waals surface area (Å²) in [6.45, 7) is 9.91. The molecule has 11 nitrogen and oxygen atoms in total. The fourth-order valence-electron chi connectivity index (χ4n) is 8.42. The number of carbonyl (C=O) groups excluding carboxylic acids is 2. The first kappa shape index (κ1) is 31.1. The quantitative estimate of drug-likeness (QED) is 0.201. The van der Waals surface area contributed by atoms with Gasteiger partial charge in [0.15, 0.2) is 0 Å². The Kier molecular flexibility index (Phi) is 8.65. The molecule has 4 saturated carbocycles. The lowest BCUT2D eigenvalue weighted by atomic mass is 9.52. The molecule has 4 fully saturated rings. The lowest BCUT2D eigenvalue weighted by Crippen LogP contribution is -2.66. The van der Waals surface area contributed by atoms with E-state index in [1.165, 1.54) is 25.3 Å². The van der Waals surface area contributed by atoms with E-state index in [1.807, 2.05) is 37.3 Å². The maximum Gasteiger partial charge on any atom is 0.326 e. The molecule has 1 aliphatic heterocycles. The molecule has 11 heteroatoms. The minimum atomic E-state index is -0.313. The number of ether oxygens (including phenoxy) is 1. The summed E-state index contributed by atoms with van der Waals surface area (Å²) in [5.74, 6) is 3.41. The summed E-state index contributed by atoms with van der Waals surface area (Å²) in [4.78, 5) is 42.5. The molecule has 0 saturated heterocycles. The van der Waals surface area contributed by atoms with Crippen LogP contribution < -0.4 is 25.6 Å². The van der Waals surface area contributed by atoms with Crippen LogP contribution in [-0.4, -0.2) is 77.6 Å². The van der Waals surface area contributed by atoms with Gasteiger partial charge in [-0.2, -0.15) is 4.98 Å². The largest absolute Gasteiger partial charge is 0.494 e. The van der Waals surface area contributed by atoms with Crippen molar-refractivity contribution in [1.29, 1.82) is 0 Å². The van der Waals surface area contributed by atoms with Crippen molar-refractivity contribution in [3.8, 4) is 5.75 Å². The summed E-state index contributed by atoms with van der Waals surface area (Å²) in [6, 6.07) is 3.81. The van der Waals surface area contributed by atoms with Crippen molar-refractivity contribution >= 4 is 40.8 Å². The first-order valence-corrected chi connectivity index (χ1v) is 16.4. The number of carbonyl (C=O) groups is 2. The van der Waals surface area contributed by atoms with Crippen LogP contribution in [0.1, 0.15) is 64.4 Å². The average molecular weight is 617 g/mol. The highest BCUT2D eigenvalue weighted by Crippen LogP contribution is 2.59. The molecule has 7 rings (SSSR count). The molecule has 3 amide bonds. The lowest BCUT2D eigenvalue weighted by molar-refractivity contribution is -0.111. The Balaban J connectivity index is 1.34. The monoisotopic (exact) mass is 616 g/mol. The standard InChI is InChI=1S/C34H48N8O3/c1-7-30(43)37-27-14-28(29(45-6)15-26(27)35-9-8-10-40(4)5)38-32-36-19-25-20-41(21(2)3)33(44)42(31(25)39-32)34-16-22-11-23(17-34)13-24(12-22)18-34/h7,14-15,19,21-24,35H,1,8-13,16-18,20H2,2-6H3,(H,37,43)(H,36,38,39). The normalized spacial score (nSPS) is 25.0. The average Bonchev–Trinajstić information content (AvgIpc) is 2.98. The second kappa shape index (κ2) is 12.5. The van der Waals surface area contributed by atoms with Gasteiger partial charge >= 0.3 is 6.03 Å². The van der Waals surface area contributed by atoms with Gasteiger partial charge in [-0.1, -0.05) is 6.58 Å². The number of aromatic nitrogens is 2. The number of hydrogen-bond donors (Lipinski definition) is 3. The predicted molar refractivity (Wildman–Crippen MR) is 178 cm³/mol. The van der Waals surface area contributed by atoms with Gasteiger partial charge in [0.05, 0.1) is 36.3 Å². The molecule has 1 aromatic carbocycles. The van der Waals surface area contributed by atoms with Crippen LogP contribution in [0.5, 0.6) is 5.75 Å². The van der Waals surface area contributed by atoms with Crippen LogP contribution in [0.4, 0.5) is 33.6 Å². The lowest BCUT2D eigenvalue weighted by Gasteiger charge is -2.61. The number of nitrogens with zero attached hydrogens (tertiary/aromatic N) is 5. The van der Waals surface area contributed by atoms with Crippen molar-refractivity contribution in [1.82, 2.24) is 19.8 Å². The van der Waals surface area contributed by atoms with E-state index >= 15 is 0 Å². The molecule has 242 valence electrons. The van der Waals surface area contributed by atoms with Crippen molar-refractivity contribution < 1.29 is 14.3 Å². The van der Waals surface area contributed by atoms with Crippen molar-refractivity contribution in [3.63, 3.8) is 0 Å². The molecule has 4 aliphatic carbocycles. The smallest absolute Gasteiger partial charge is 0.326 e. The van der Waals surface area contributed by atoms with Crippen molar-refractivity contribution in [3.05, 3.63) is 36.5 Å². The van der Waals surface area contributed by atoms with Gasteiger partial charge in [0, 0.05) is 30.4 Å². The summed E-state index contributed by atoms with van der Waals surface area (Å²) in [6.07, 6.45) is 11.1. The van der Waals surface area contributed by atoms with Gasteiger partial charge < -0.3 is 30.5 Å². The fraction of sp³-hybridized carbons (Fsp3) is 0.588. The highest BCUT2D eigenvalue weighted by atomic mass is 16.5. The number of rotatable bonds is 12. The number of amides is 3. The van der Waals surface area contributed by atoms with Crippen LogP contribution in [0.3, 0.4) is 0 Å². The fourth-order valence-corrected chi connectivity index (χ4v) is 8.42. The molecule has 0 atom stereocenters. The Morgan fingerprint density at radius 2 is 1.82 bits per heavy atom. The number of anilines is 5. The van der Waals surface area contributed by atoms with Gasteiger partial charge in [-0.25, -0.2) is 9.78 Å². The second-order valence-electron chi connectivity index (χ2n) is 14.0. The molecule has 0 unspecified atom stereocenters. The molecule has 3 N–H and O–H groups in total. The van der Waals surface area contributed by atoms with Gasteiger partial charge in [-0.15, -0.1) is 0 Å². The van der Waals surface area contributed by atoms with Gasteiger partial charge in [-0.05, 0) is 109 Å². The molecular weight excluding hydrogens is 568 g/mol.